The minimum Gasteiger partial charge on any atom is 2.00 e. The van der Waals surface area contributed by atoms with E-state index in [0.29, 0.717) is 0 Å². The van der Waals surface area contributed by atoms with E-state index in [2.05, 4.69) is 0 Å². The molecule has 0 radical (unpaired) electrons. The molecule has 0 bridgehead atoms. The van der Waals surface area contributed by atoms with Gasteiger partial charge in [0.15, 0.2) is 0 Å². The summed E-state index contributed by atoms with van der Waals surface area (Å²) in [5.41, 5.74) is 0. The van der Waals surface area contributed by atoms with Gasteiger partial charge in [-0.3, -0.25) is 0 Å². The molecule has 0 aromatic heterocycles. The molecule has 0 aliphatic carbocycles. The molecular weight excluding hydrogens is 713 g/mol. The van der Waals surface area contributed by atoms with E-state index in [1.807, 2.05) is 182 Å². The van der Waals surface area contributed by atoms with E-state index in [1.54, 1.807) is 0 Å². The zero-order chi connectivity index (χ0) is 32.2. The van der Waals surface area contributed by atoms with Crippen molar-refractivity contribution in [1.29, 1.82) is 0 Å². The fourth-order valence-corrected chi connectivity index (χ4v) is 15.0. The van der Waals surface area contributed by atoms with E-state index < -0.39 is 26.5 Å². The van der Waals surface area contributed by atoms with Gasteiger partial charge in [0.1, 0.15) is 0 Å². The summed E-state index contributed by atoms with van der Waals surface area (Å²) in [6.07, 6.45) is 0.0656. The Morgan fingerprint density at radius 3 is 0.617 bits per heavy atom. The van der Waals surface area contributed by atoms with Crippen LogP contribution in [0.3, 0.4) is 0 Å². The van der Waals surface area contributed by atoms with Gasteiger partial charge in [-0.05, 0) is 0 Å². The molecule has 6 aromatic carbocycles. The normalized spacial score (nSPS) is 11.6. The first-order chi connectivity index (χ1) is 22.5. The van der Waals surface area contributed by atoms with Gasteiger partial charge in [-0.15, -0.1) is 0 Å². The fraction of sp³-hybridized carbons (Fsp3) is 0.0500. The van der Waals surface area contributed by atoms with Crippen LogP contribution >= 0.6 is 14.5 Å². The van der Waals surface area contributed by atoms with Crippen molar-refractivity contribution in [3.8, 4) is 0 Å². The topological polar surface area (TPSA) is 80.3 Å². The Bertz CT molecular complexity index is 1490. The molecule has 0 saturated heterocycles. The van der Waals surface area contributed by atoms with Gasteiger partial charge in [0.25, 0.3) is 0 Å². The maximum Gasteiger partial charge on any atom is 2.00 e. The molecule has 0 heterocycles. The molecule has 0 saturated carbocycles. The molecule has 6 aromatic rings. The van der Waals surface area contributed by atoms with Gasteiger partial charge in [-0.25, -0.2) is 0 Å². The van der Waals surface area contributed by atoms with Gasteiger partial charge in [-0.1, -0.05) is 0 Å². The van der Waals surface area contributed by atoms with Gasteiger partial charge in [0.2, 0.25) is 0 Å². The SMILES string of the molecule is O=C([O-])C[PH](c1ccccc1)(c1ccccc1)c1ccccc1.O=C([O-])C[PH](c1ccccc1)(c1ccccc1)c1ccccc1.[Pd+2]. The standard InChI is InChI=1S/2C20H19O2P.Pd/c2*21-20(22)16-23(17-10-4-1-5-11-17,18-12-6-2-7-13-18)19-14-8-3-9-15-19;/h2*1-15,23H,16H2,(H,21,22);/q;;+2/p-2. The van der Waals surface area contributed by atoms with Gasteiger partial charge in [0.05, 0.1) is 0 Å². The maximum atomic E-state index is 11.7. The summed E-state index contributed by atoms with van der Waals surface area (Å²) < 4.78 is 0. The van der Waals surface area contributed by atoms with Crippen LogP contribution in [-0.4, -0.2) is 24.3 Å². The first kappa shape index (κ1) is 35.6. The number of carboxylic acid groups (broad SMARTS) is 2. The third-order valence-electron chi connectivity index (χ3n) is 8.42. The second-order valence-corrected chi connectivity index (χ2v) is 18.9. The van der Waals surface area contributed by atoms with E-state index in [-0.39, 0.29) is 32.7 Å². The minimum atomic E-state index is -2.65. The van der Waals surface area contributed by atoms with Crippen LogP contribution in [0.1, 0.15) is 0 Å². The Morgan fingerprint density at radius 1 is 0.340 bits per heavy atom. The average Bonchev–Trinajstić information content (AvgIpc) is 3.12. The quantitative estimate of drug-likeness (QED) is 0.160. The van der Waals surface area contributed by atoms with Crippen LogP contribution in [0.15, 0.2) is 182 Å². The van der Waals surface area contributed by atoms with Gasteiger partial charge in [0, 0.05) is 0 Å². The van der Waals surface area contributed by atoms with Crippen LogP contribution in [0, 0.1) is 0 Å². The Morgan fingerprint density at radius 2 is 0.489 bits per heavy atom. The van der Waals surface area contributed by atoms with E-state index in [0.717, 1.165) is 31.8 Å². The minimum absolute atomic E-state index is 0. The van der Waals surface area contributed by atoms with Crippen molar-refractivity contribution in [3.05, 3.63) is 182 Å². The molecule has 240 valence electrons. The summed E-state index contributed by atoms with van der Waals surface area (Å²) in [4.78, 5) is 23.3. The molecule has 0 aliphatic rings. The smallest absolute Gasteiger partial charge is 2.00 e. The summed E-state index contributed by atoms with van der Waals surface area (Å²) in [5.74, 6) is -2.01. The summed E-state index contributed by atoms with van der Waals surface area (Å²) in [6.45, 7) is 0. The summed E-state index contributed by atoms with van der Waals surface area (Å²) in [7, 11) is -5.30. The van der Waals surface area contributed by atoms with Gasteiger partial charge < -0.3 is 0 Å². The third-order valence-corrected chi connectivity index (χ3v) is 18.0. The Balaban J connectivity index is 0.000000208. The number of carboxylic acids is 2. The molecule has 7 heteroatoms. The Kier molecular flexibility index (Phi) is 13.0. The summed E-state index contributed by atoms with van der Waals surface area (Å²) in [6, 6.07) is 59.8. The van der Waals surface area contributed by atoms with Crippen LogP contribution in [0.5, 0.6) is 0 Å². The van der Waals surface area contributed by atoms with Crippen molar-refractivity contribution < 1.29 is 40.2 Å². The maximum absolute atomic E-state index is 11.7. The molecule has 0 atom stereocenters. The third kappa shape index (κ3) is 8.20. The number of aliphatic carboxylic acids is 2. The molecule has 0 spiro atoms. The summed E-state index contributed by atoms with van der Waals surface area (Å²) >= 11 is 0. The first-order valence-electron chi connectivity index (χ1n) is 15.2. The molecule has 0 fully saturated rings. The molecule has 0 unspecified atom stereocenters. The molecule has 0 aliphatic heterocycles. The van der Waals surface area contributed by atoms with Crippen molar-refractivity contribution in [2.45, 2.75) is 0 Å². The first-order valence-corrected chi connectivity index (χ1v) is 19.6. The van der Waals surface area contributed by atoms with E-state index in [4.69, 9.17) is 0 Å². The number of hydrogen-bond acceptors (Lipinski definition) is 4. The Hall–Kier alpha value is -4.22. The molecule has 6 rings (SSSR count). The zero-order valence-corrected chi connectivity index (χ0v) is 29.2. The van der Waals surface area contributed by atoms with Crippen LogP contribution in [-0.2, 0) is 30.0 Å². The van der Waals surface area contributed by atoms with E-state index in [9.17, 15) is 19.8 Å². The number of hydrogen-bond donors (Lipinski definition) is 0. The zero-order valence-electron chi connectivity index (χ0n) is 25.7. The molecule has 47 heavy (non-hydrogen) atoms. The monoisotopic (exact) mass is 748 g/mol. The van der Waals surface area contributed by atoms with Crippen LogP contribution in [0.2, 0.25) is 0 Å². The predicted molar refractivity (Wildman–Crippen MR) is 193 cm³/mol. The van der Waals surface area contributed by atoms with Crippen molar-refractivity contribution in [2.75, 3.05) is 12.3 Å². The number of benzene rings is 6. The van der Waals surface area contributed by atoms with Crippen molar-refractivity contribution in [2.24, 2.45) is 0 Å². The van der Waals surface area contributed by atoms with Crippen LogP contribution in [0.4, 0.5) is 0 Å². The number of rotatable bonds is 10. The van der Waals surface area contributed by atoms with Crippen molar-refractivity contribution in [1.82, 2.24) is 0 Å². The van der Waals surface area contributed by atoms with Gasteiger partial charge >= 0.3 is 293 Å². The van der Waals surface area contributed by atoms with E-state index >= 15 is 0 Å². The number of carbonyl (C=O) groups excluding carboxylic acids is 2. The molecule has 0 amide bonds. The van der Waals surface area contributed by atoms with Gasteiger partial charge in [-0.2, -0.15) is 0 Å². The predicted octanol–water partition coefficient (Wildman–Crippen LogP) is 2.92. The van der Waals surface area contributed by atoms with Crippen LogP contribution in [0.25, 0.3) is 0 Å². The molecule has 4 nitrogen and oxygen atoms in total. The largest absolute Gasteiger partial charge is 2.00 e. The fourth-order valence-electron chi connectivity index (χ4n) is 6.38. The molecular formula is C40H36O4P2Pd. The van der Waals surface area contributed by atoms with Crippen molar-refractivity contribution >= 4 is 58.3 Å². The second kappa shape index (κ2) is 17.1. The average molecular weight is 749 g/mol. The van der Waals surface area contributed by atoms with Crippen LogP contribution < -0.4 is 42.0 Å². The molecule has 0 N–H and O–H groups in total. The second-order valence-electron chi connectivity index (χ2n) is 11.1. The van der Waals surface area contributed by atoms with Crippen molar-refractivity contribution in [3.63, 3.8) is 0 Å². The summed E-state index contributed by atoms with van der Waals surface area (Å²) in [5, 5.41) is 29.8. The Labute approximate surface area is 291 Å². The van der Waals surface area contributed by atoms with E-state index in [1.165, 1.54) is 0 Å². The number of carbonyl (C=O) groups is 2.